The fourth-order valence-corrected chi connectivity index (χ4v) is 2.83. The van der Waals surface area contributed by atoms with Crippen LogP contribution in [0.25, 0.3) is 0 Å². The molecule has 27 heavy (non-hydrogen) atoms. The van der Waals surface area contributed by atoms with Crippen molar-refractivity contribution in [2.45, 2.75) is 90.4 Å². The Morgan fingerprint density at radius 2 is 1.48 bits per heavy atom. The lowest BCUT2D eigenvalue weighted by molar-refractivity contribution is -0.144. The first-order chi connectivity index (χ1) is 13.2. The van der Waals surface area contributed by atoms with E-state index in [9.17, 15) is 9.36 Å². The Morgan fingerprint density at radius 1 is 0.852 bits per heavy atom. The number of hydrogen-bond acceptors (Lipinski definition) is 4. The molecule has 0 rings (SSSR count). The maximum absolute atomic E-state index is 11.5. The molecule has 0 radical (unpaired) electrons. The number of unbranched alkanes of at least 4 members (excludes halogenated alkanes) is 8. The van der Waals surface area contributed by atoms with Gasteiger partial charge in [0.25, 0.3) is 0 Å². The van der Waals surface area contributed by atoms with E-state index in [1.54, 1.807) is 0 Å². The number of hydrogen-bond donors (Lipinski definition) is 1. The van der Waals surface area contributed by atoms with Gasteiger partial charge in [0.1, 0.15) is 6.61 Å². The summed E-state index contributed by atoms with van der Waals surface area (Å²) in [5.41, 5.74) is 0. The van der Waals surface area contributed by atoms with Gasteiger partial charge in [0, 0.05) is 17.4 Å². The van der Waals surface area contributed by atoms with E-state index >= 15 is 0 Å². The molecule has 0 bridgehead atoms. The van der Waals surface area contributed by atoms with E-state index < -0.39 is 8.25 Å². The number of allylic oxidation sites excluding steroid dienone is 4. The first-order valence-corrected chi connectivity index (χ1v) is 11.5. The average Bonchev–Trinajstić information content (AvgIpc) is 2.64. The van der Waals surface area contributed by atoms with Gasteiger partial charge in [0.2, 0.25) is 0 Å². The molecule has 0 aliphatic carbocycles. The van der Waals surface area contributed by atoms with Gasteiger partial charge < -0.3 is 4.74 Å². The molecule has 0 fully saturated rings. The molecule has 6 heteroatoms. The molecule has 0 aliphatic rings. The van der Waals surface area contributed by atoms with Gasteiger partial charge in [0.05, 0.1) is 6.61 Å². The molecule has 0 aromatic carbocycles. The fraction of sp³-hybridized carbons (Fsp3) is 0.762. The first-order valence-electron chi connectivity index (χ1n) is 10.4. The van der Waals surface area contributed by atoms with Gasteiger partial charge in [-0.25, -0.2) is 0 Å². The van der Waals surface area contributed by atoms with Crippen molar-refractivity contribution in [3.05, 3.63) is 24.3 Å². The van der Waals surface area contributed by atoms with Crippen LogP contribution in [0.15, 0.2) is 24.3 Å². The molecule has 0 aliphatic heterocycles. The van der Waals surface area contributed by atoms with E-state index in [0.29, 0.717) is 12.8 Å². The van der Waals surface area contributed by atoms with Crippen LogP contribution in [0.2, 0.25) is 0 Å². The fourth-order valence-electron chi connectivity index (χ4n) is 2.54. The summed E-state index contributed by atoms with van der Waals surface area (Å²) in [6, 6.07) is 0. The molecule has 0 saturated carbocycles. The summed E-state index contributed by atoms with van der Waals surface area (Å²) < 4.78 is 19.8. The van der Waals surface area contributed by atoms with Crippen LogP contribution in [0.4, 0.5) is 0 Å². The van der Waals surface area contributed by atoms with Crippen LogP contribution in [0.3, 0.4) is 0 Å². The van der Waals surface area contributed by atoms with Crippen LogP contribution in [0.5, 0.6) is 0 Å². The van der Waals surface area contributed by atoms with Gasteiger partial charge in [-0.3, -0.25) is 4.79 Å². The second-order valence-corrected chi connectivity index (χ2v) is 7.36. The number of esters is 1. The minimum atomic E-state index is -2.56. The highest BCUT2D eigenvalue weighted by Gasteiger charge is 2.10. The maximum atomic E-state index is 11.5. The Hall–Kier alpha value is -1.03. The molecule has 0 saturated heterocycles. The quantitative estimate of drug-likeness (QED) is 0.117. The zero-order valence-electron chi connectivity index (χ0n) is 16.9. The monoisotopic (exact) mass is 401 g/mol. The normalized spacial score (nSPS) is 12.1. The molecule has 1 N–H and O–H groups in total. The van der Waals surface area contributed by atoms with Crippen LogP contribution in [-0.4, -0.2) is 24.1 Å². The molecular weight excluding hydrogens is 363 g/mol. The Labute approximate surface area is 166 Å². The number of ether oxygens (including phenoxy) is 1. The zero-order chi connectivity index (χ0) is 20.0. The minimum Gasteiger partial charge on any atom is -0.466 e. The molecule has 1 atom stereocenters. The van der Waals surface area contributed by atoms with Crippen LogP contribution in [-0.2, 0) is 18.6 Å². The maximum Gasteiger partial charge on any atom is 0.694 e. The summed E-state index contributed by atoms with van der Waals surface area (Å²) in [6.45, 7) is 2.60. The van der Waals surface area contributed by atoms with Gasteiger partial charge in [-0.2, -0.15) is 0 Å². The van der Waals surface area contributed by atoms with Gasteiger partial charge in [-0.15, -0.1) is 9.42 Å². The smallest absolute Gasteiger partial charge is 0.466 e. The van der Waals surface area contributed by atoms with Crippen molar-refractivity contribution in [3.63, 3.8) is 0 Å². The average molecular weight is 402 g/mol. The lowest BCUT2D eigenvalue weighted by Gasteiger charge is -2.03. The van der Waals surface area contributed by atoms with Crippen LogP contribution in [0.1, 0.15) is 90.4 Å². The van der Waals surface area contributed by atoms with Crippen LogP contribution < -0.4 is 0 Å². The zero-order valence-corrected chi connectivity index (χ0v) is 17.8. The lowest BCUT2D eigenvalue weighted by Crippen LogP contribution is -2.07. The Kier molecular flexibility index (Phi) is 20.5. The standard InChI is InChI=1S/C21H37O5P/c1-2-3-4-5-6-7-8-9-10-11-12-13-14-15-16-18-21(22)25-19-17-20-26-27(23)24/h6-7,9-10H,2-5,8,11-20H2,1H3/p+1/b7-6-,10-9-. The summed E-state index contributed by atoms with van der Waals surface area (Å²) in [4.78, 5) is 19.9. The molecule has 0 aromatic heterocycles. The van der Waals surface area contributed by atoms with Crippen molar-refractivity contribution < 1.29 is 23.5 Å². The van der Waals surface area contributed by atoms with Crippen molar-refractivity contribution in [2.24, 2.45) is 0 Å². The van der Waals surface area contributed by atoms with Crippen molar-refractivity contribution in [1.29, 1.82) is 0 Å². The summed E-state index contributed by atoms with van der Waals surface area (Å²) in [5.74, 6) is -0.200. The molecule has 0 aromatic rings. The molecule has 1 unspecified atom stereocenters. The third-order valence-corrected chi connectivity index (χ3v) is 4.49. The van der Waals surface area contributed by atoms with Crippen molar-refractivity contribution in [3.8, 4) is 0 Å². The second-order valence-electron chi connectivity index (χ2n) is 6.63. The summed E-state index contributed by atoms with van der Waals surface area (Å²) in [7, 11) is -2.56. The molecule has 156 valence electrons. The molecular formula is C21H38O5P+. The van der Waals surface area contributed by atoms with E-state index in [0.717, 1.165) is 32.1 Å². The second kappa shape index (κ2) is 21.3. The van der Waals surface area contributed by atoms with E-state index in [1.807, 2.05) is 0 Å². The van der Waals surface area contributed by atoms with Crippen molar-refractivity contribution >= 4 is 14.2 Å². The first kappa shape index (κ1) is 26.0. The highest BCUT2D eigenvalue weighted by atomic mass is 31.1. The van der Waals surface area contributed by atoms with Gasteiger partial charge >= 0.3 is 14.2 Å². The van der Waals surface area contributed by atoms with E-state index in [1.165, 1.54) is 38.5 Å². The SMILES string of the molecule is CCCCC/C=C\C/C=C\CCCCCCCC(=O)OCCCO[P+](=O)O. The third kappa shape index (κ3) is 22.9. The number of carbonyl (C=O) groups excluding carboxylic acids is 1. The predicted molar refractivity (Wildman–Crippen MR) is 111 cm³/mol. The van der Waals surface area contributed by atoms with Gasteiger partial charge in [-0.05, 0) is 38.5 Å². The summed E-state index contributed by atoms with van der Waals surface area (Å²) >= 11 is 0. The minimum absolute atomic E-state index is 0.128. The van der Waals surface area contributed by atoms with Crippen molar-refractivity contribution in [2.75, 3.05) is 13.2 Å². The van der Waals surface area contributed by atoms with E-state index in [-0.39, 0.29) is 19.2 Å². The number of rotatable bonds is 19. The Morgan fingerprint density at radius 3 is 2.15 bits per heavy atom. The lowest BCUT2D eigenvalue weighted by atomic mass is 10.1. The van der Waals surface area contributed by atoms with E-state index in [4.69, 9.17) is 9.63 Å². The van der Waals surface area contributed by atoms with Gasteiger partial charge in [0.15, 0.2) is 0 Å². The Bertz CT molecular complexity index is 421. The van der Waals surface area contributed by atoms with Crippen LogP contribution in [0, 0.1) is 0 Å². The molecule has 0 amide bonds. The van der Waals surface area contributed by atoms with Crippen molar-refractivity contribution in [1.82, 2.24) is 0 Å². The number of carbonyl (C=O) groups is 1. The van der Waals surface area contributed by atoms with Gasteiger partial charge in [-0.1, -0.05) is 63.3 Å². The highest BCUT2D eigenvalue weighted by molar-refractivity contribution is 7.32. The Balaban J connectivity index is 3.28. The summed E-state index contributed by atoms with van der Waals surface area (Å²) in [6.07, 6.45) is 22.7. The predicted octanol–water partition coefficient (Wildman–Crippen LogP) is 6.40. The van der Waals surface area contributed by atoms with E-state index in [2.05, 4.69) is 35.8 Å². The molecule has 5 nitrogen and oxygen atoms in total. The third-order valence-electron chi connectivity index (χ3n) is 4.08. The largest absolute Gasteiger partial charge is 0.694 e. The highest BCUT2D eigenvalue weighted by Crippen LogP contribution is 2.14. The molecule has 0 heterocycles. The summed E-state index contributed by atoms with van der Waals surface area (Å²) in [5, 5.41) is 0. The molecule has 0 spiro atoms. The van der Waals surface area contributed by atoms with Crippen LogP contribution >= 0.6 is 8.25 Å². The topological polar surface area (TPSA) is 72.8 Å².